The molecule has 0 bridgehead atoms. The lowest BCUT2D eigenvalue weighted by Gasteiger charge is -2.14. The van der Waals surface area contributed by atoms with Gasteiger partial charge in [-0.3, -0.25) is 9.59 Å². The van der Waals surface area contributed by atoms with Gasteiger partial charge in [0.2, 0.25) is 11.8 Å². The second kappa shape index (κ2) is 5.73. The van der Waals surface area contributed by atoms with Gasteiger partial charge in [0.25, 0.3) is 0 Å². The fourth-order valence-electron chi connectivity index (χ4n) is 2.18. The first-order chi connectivity index (χ1) is 9.49. The molecule has 6 nitrogen and oxygen atoms in total. The summed E-state index contributed by atoms with van der Waals surface area (Å²) in [5, 5.41) is 0. The van der Waals surface area contributed by atoms with E-state index in [1.165, 1.54) is 6.92 Å². The van der Waals surface area contributed by atoms with Crippen LogP contribution >= 0.6 is 0 Å². The minimum atomic E-state index is -0.510. The summed E-state index contributed by atoms with van der Waals surface area (Å²) in [5.41, 5.74) is 7.17. The summed E-state index contributed by atoms with van der Waals surface area (Å²) in [6, 6.07) is 5.09. The van der Waals surface area contributed by atoms with E-state index in [1.54, 1.807) is 23.1 Å². The van der Waals surface area contributed by atoms with Crippen LogP contribution in [0, 0.1) is 0 Å². The van der Waals surface area contributed by atoms with Gasteiger partial charge >= 0.3 is 5.97 Å². The number of ether oxygens (including phenoxy) is 1. The van der Waals surface area contributed by atoms with E-state index in [-0.39, 0.29) is 18.9 Å². The van der Waals surface area contributed by atoms with E-state index in [4.69, 9.17) is 10.5 Å². The van der Waals surface area contributed by atoms with Gasteiger partial charge in [-0.05, 0) is 30.2 Å². The van der Waals surface area contributed by atoms with E-state index in [1.807, 2.05) is 0 Å². The molecule has 1 aliphatic heterocycles. The van der Waals surface area contributed by atoms with Crippen molar-refractivity contribution in [1.29, 1.82) is 0 Å². The van der Waals surface area contributed by atoms with E-state index in [2.05, 4.69) is 0 Å². The van der Waals surface area contributed by atoms with E-state index in [9.17, 15) is 14.4 Å². The molecule has 2 rings (SSSR count). The summed E-state index contributed by atoms with van der Waals surface area (Å²) in [6.45, 7) is 2.12. The van der Waals surface area contributed by atoms with Crippen molar-refractivity contribution in [2.75, 3.05) is 18.1 Å². The summed E-state index contributed by atoms with van der Waals surface area (Å²) in [7, 11) is 0. The summed E-state index contributed by atoms with van der Waals surface area (Å²) < 4.78 is 4.95. The zero-order chi connectivity index (χ0) is 14.7. The van der Waals surface area contributed by atoms with Gasteiger partial charge in [-0.1, -0.05) is 0 Å². The van der Waals surface area contributed by atoms with E-state index < -0.39 is 11.9 Å². The Balaban J connectivity index is 2.07. The Labute approximate surface area is 116 Å². The molecule has 0 unspecified atom stereocenters. The summed E-state index contributed by atoms with van der Waals surface area (Å²) in [6.07, 6.45) is 0.728. The zero-order valence-corrected chi connectivity index (χ0v) is 11.2. The van der Waals surface area contributed by atoms with Crippen LogP contribution in [0.2, 0.25) is 0 Å². The topological polar surface area (TPSA) is 89.7 Å². The van der Waals surface area contributed by atoms with Crippen LogP contribution in [0.4, 0.5) is 5.69 Å². The molecule has 1 aliphatic rings. The van der Waals surface area contributed by atoms with Gasteiger partial charge < -0.3 is 15.4 Å². The first kappa shape index (κ1) is 14.0. The Hall–Kier alpha value is -2.37. The molecular weight excluding hydrogens is 260 g/mol. The zero-order valence-electron chi connectivity index (χ0n) is 11.2. The third-order valence-electron chi connectivity index (χ3n) is 3.17. The van der Waals surface area contributed by atoms with E-state index in [0.717, 1.165) is 17.7 Å². The first-order valence-electron chi connectivity index (χ1n) is 6.35. The smallest absolute Gasteiger partial charge is 0.338 e. The van der Waals surface area contributed by atoms with E-state index in [0.29, 0.717) is 12.1 Å². The van der Waals surface area contributed by atoms with Gasteiger partial charge in [0.05, 0.1) is 12.0 Å². The van der Waals surface area contributed by atoms with Crippen LogP contribution in [-0.4, -0.2) is 30.9 Å². The standard InChI is InChI=1S/C14H16N2O4/c1-9(17)16-6-4-10-8-11(2-3-12(10)16)14(19)20-7-5-13(15)18/h2-3,8H,4-7H2,1H3,(H2,15,18). The highest BCUT2D eigenvalue weighted by Crippen LogP contribution is 2.29. The van der Waals surface area contributed by atoms with Crippen molar-refractivity contribution >= 4 is 23.5 Å². The maximum Gasteiger partial charge on any atom is 0.338 e. The number of benzene rings is 1. The minimum absolute atomic E-state index is 0.00873. The van der Waals surface area contributed by atoms with Crippen molar-refractivity contribution in [2.45, 2.75) is 19.8 Å². The highest BCUT2D eigenvalue weighted by molar-refractivity contribution is 5.96. The number of primary amides is 1. The largest absolute Gasteiger partial charge is 0.462 e. The highest BCUT2D eigenvalue weighted by Gasteiger charge is 2.23. The molecule has 0 fully saturated rings. The Bertz CT molecular complexity index is 568. The van der Waals surface area contributed by atoms with Crippen LogP contribution in [0.3, 0.4) is 0 Å². The van der Waals surface area contributed by atoms with Crippen LogP contribution < -0.4 is 10.6 Å². The van der Waals surface area contributed by atoms with Crippen molar-refractivity contribution in [3.8, 4) is 0 Å². The third kappa shape index (κ3) is 2.96. The van der Waals surface area contributed by atoms with Crippen LogP contribution in [0.1, 0.15) is 29.3 Å². The predicted octanol–water partition coefficient (Wildman–Crippen LogP) is 0.628. The number of hydrogen-bond donors (Lipinski definition) is 1. The third-order valence-corrected chi connectivity index (χ3v) is 3.17. The molecule has 0 atom stereocenters. The number of esters is 1. The average molecular weight is 276 g/mol. The molecule has 2 amide bonds. The van der Waals surface area contributed by atoms with Crippen LogP contribution in [-0.2, 0) is 20.7 Å². The molecule has 1 aromatic rings. The molecule has 0 aromatic heterocycles. The molecule has 0 spiro atoms. The molecule has 0 radical (unpaired) electrons. The number of rotatable bonds is 4. The molecule has 20 heavy (non-hydrogen) atoms. The molecule has 1 aromatic carbocycles. The van der Waals surface area contributed by atoms with Gasteiger partial charge in [-0.25, -0.2) is 4.79 Å². The van der Waals surface area contributed by atoms with Crippen molar-refractivity contribution in [3.05, 3.63) is 29.3 Å². The number of hydrogen-bond acceptors (Lipinski definition) is 4. The van der Waals surface area contributed by atoms with E-state index >= 15 is 0 Å². The number of nitrogens with zero attached hydrogens (tertiary/aromatic N) is 1. The van der Waals surface area contributed by atoms with Crippen molar-refractivity contribution < 1.29 is 19.1 Å². The van der Waals surface area contributed by atoms with Gasteiger partial charge in [0, 0.05) is 19.2 Å². The Morgan fingerprint density at radius 1 is 1.35 bits per heavy atom. The lowest BCUT2D eigenvalue weighted by atomic mass is 10.1. The summed E-state index contributed by atoms with van der Waals surface area (Å²) >= 11 is 0. The molecule has 1 heterocycles. The van der Waals surface area contributed by atoms with Crippen molar-refractivity contribution in [2.24, 2.45) is 5.73 Å². The van der Waals surface area contributed by atoms with Gasteiger partial charge in [0.15, 0.2) is 0 Å². The lowest BCUT2D eigenvalue weighted by molar-refractivity contribution is -0.118. The van der Waals surface area contributed by atoms with Crippen LogP contribution in [0.25, 0.3) is 0 Å². The normalized spacial score (nSPS) is 12.9. The highest BCUT2D eigenvalue weighted by atomic mass is 16.5. The fraction of sp³-hybridized carbons (Fsp3) is 0.357. The number of carbonyl (C=O) groups is 3. The minimum Gasteiger partial charge on any atom is -0.462 e. The second-order valence-electron chi connectivity index (χ2n) is 4.62. The number of fused-ring (bicyclic) bond motifs is 1. The molecule has 106 valence electrons. The first-order valence-corrected chi connectivity index (χ1v) is 6.35. The SMILES string of the molecule is CC(=O)N1CCc2cc(C(=O)OCCC(N)=O)ccc21. The van der Waals surface area contributed by atoms with Crippen molar-refractivity contribution in [3.63, 3.8) is 0 Å². The molecule has 0 saturated carbocycles. The number of anilines is 1. The Morgan fingerprint density at radius 3 is 2.75 bits per heavy atom. The maximum atomic E-state index is 11.8. The lowest BCUT2D eigenvalue weighted by Crippen LogP contribution is -2.25. The molecule has 0 aliphatic carbocycles. The average Bonchev–Trinajstić information content (AvgIpc) is 2.80. The predicted molar refractivity (Wildman–Crippen MR) is 72.3 cm³/mol. The van der Waals surface area contributed by atoms with Gasteiger partial charge in [-0.15, -0.1) is 0 Å². The van der Waals surface area contributed by atoms with Crippen LogP contribution in [0.5, 0.6) is 0 Å². The van der Waals surface area contributed by atoms with Crippen LogP contribution in [0.15, 0.2) is 18.2 Å². The molecular formula is C14H16N2O4. The molecule has 2 N–H and O–H groups in total. The second-order valence-corrected chi connectivity index (χ2v) is 4.62. The Kier molecular flexibility index (Phi) is 4.02. The van der Waals surface area contributed by atoms with Gasteiger partial charge in [-0.2, -0.15) is 0 Å². The quantitative estimate of drug-likeness (QED) is 0.817. The number of nitrogens with two attached hydrogens (primary N) is 1. The summed E-state index contributed by atoms with van der Waals surface area (Å²) in [5.74, 6) is -1.01. The monoisotopic (exact) mass is 276 g/mol. The molecule has 0 saturated heterocycles. The fourth-order valence-corrected chi connectivity index (χ4v) is 2.18. The number of carbonyl (C=O) groups excluding carboxylic acids is 3. The van der Waals surface area contributed by atoms with Gasteiger partial charge in [0.1, 0.15) is 6.61 Å². The van der Waals surface area contributed by atoms with Crippen molar-refractivity contribution in [1.82, 2.24) is 0 Å². The number of amides is 2. The Morgan fingerprint density at radius 2 is 2.10 bits per heavy atom. The maximum absolute atomic E-state index is 11.8. The molecule has 6 heteroatoms. The summed E-state index contributed by atoms with van der Waals surface area (Å²) in [4.78, 5) is 35.5.